The minimum absolute atomic E-state index is 0. The molecule has 3 unspecified atom stereocenters. The Bertz CT molecular complexity index is 559. The minimum atomic E-state index is -0.226. The fourth-order valence-corrected chi connectivity index (χ4v) is 5.75. The summed E-state index contributed by atoms with van der Waals surface area (Å²) in [6.45, 7) is 2.37. The molecular weight excluding hydrogens is 459 g/mol. The van der Waals surface area contributed by atoms with Crippen LogP contribution in [0.15, 0.2) is 4.99 Å². The van der Waals surface area contributed by atoms with Crippen LogP contribution in [0.4, 0.5) is 4.79 Å². The zero-order chi connectivity index (χ0) is 18.1. The lowest BCUT2D eigenvalue weighted by molar-refractivity contribution is -0.125. The van der Waals surface area contributed by atoms with Gasteiger partial charge in [-0.2, -0.15) is 0 Å². The van der Waals surface area contributed by atoms with Crippen LogP contribution in [0.5, 0.6) is 0 Å². The van der Waals surface area contributed by atoms with E-state index in [1.54, 1.807) is 4.90 Å². The number of halogens is 1. The van der Waals surface area contributed by atoms with Crippen molar-refractivity contribution in [3.63, 3.8) is 0 Å². The SMILES string of the molecule is CN=C(NC1CCN(C(=O)OC)CC1)NC1C2CCOC2C12CCCC2.I. The summed E-state index contributed by atoms with van der Waals surface area (Å²) in [5.41, 5.74) is 0.326. The lowest BCUT2D eigenvalue weighted by Gasteiger charge is -2.57. The molecule has 4 aliphatic rings. The van der Waals surface area contributed by atoms with E-state index in [-0.39, 0.29) is 30.1 Å². The van der Waals surface area contributed by atoms with Crippen molar-refractivity contribution in [3.8, 4) is 0 Å². The lowest BCUT2D eigenvalue weighted by Crippen LogP contribution is -2.69. The van der Waals surface area contributed by atoms with Crippen LogP contribution in [0.3, 0.4) is 0 Å². The molecule has 4 rings (SSSR count). The Hall–Kier alpha value is -0.770. The van der Waals surface area contributed by atoms with Crippen LogP contribution in [0.2, 0.25) is 0 Å². The highest BCUT2D eigenvalue weighted by Crippen LogP contribution is 2.60. The Balaban J connectivity index is 0.00000210. The number of hydrogen-bond acceptors (Lipinski definition) is 4. The van der Waals surface area contributed by atoms with Crippen molar-refractivity contribution in [2.24, 2.45) is 16.3 Å². The molecule has 8 heteroatoms. The van der Waals surface area contributed by atoms with Crippen molar-refractivity contribution >= 4 is 36.0 Å². The number of ether oxygens (including phenoxy) is 2. The number of hydrogen-bond donors (Lipinski definition) is 2. The molecule has 1 spiro atoms. The maximum Gasteiger partial charge on any atom is 0.409 e. The van der Waals surface area contributed by atoms with Crippen LogP contribution >= 0.6 is 24.0 Å². The number of carbonyl (C=O) groups excluding carboxylic acids is 1. The summed E-state index contributed by atoms with van der Waals surface area (Å²) in [6.07, 6.45) is 8.44. The molecule has 0 bridgehead atoms. The van der Waals surface area contributed by atoms with Gasteiger partial charge in [0.25, 0.3) is 0 Å². The molecule has 4 fully saturated rings. The summed E-state index contributed by atoms with van der Waals surface area (Å²) in [4.78, 5) is 17.9. The molecule has 0 aromatic heterocycles. The van der Waals surface area contributed by atoms with Gasteiger partial charge in [0.05, 0.1) is 13.2 Å². The van der Waals surface area contributed by atoms with Crippen LogP contribution in [-0.4, -0.2) is 69.0 Å². The second kappa shape index (κ2) is 8.71. The predicted octanol–water partition coefficient (Wildman–Crippen LogP) is 2.35. The van der Waals surface area contributed by atoms with Gasteiger partial charge < -0.3 is 25.0 Å². The molecule has 1 amide bonds. The zero-order valence-corrected chi connectivity index (χ0v) is 18.7. The van der Waals surface area contributed by atoms with Crippen LogP contribution in [-0.2, 0) is 9.47 Å². The van der Waals surface area contributed by atoms with Crippen molar-refractivity contribution in [2.75, 3.05) is 33.9 Å². The molecular formula is C19H33IN4O3. The van der Waals surface area contributed by atoms with Crippen molar-refractivity contribution < 1.29 is 14.3 Å². The average molecular weight is 492 g/mol. The van der Waals surface area contributed by atoms with Crippen molar-refractivity contribution in [3.05, 3.63) is 0 Å². The molecule has 2 aliphatic carbocycles. The van der Waals surface area contributed by atoms with Crippen molar-refractivity contribution in [1.82, 2.24) is 15.5 Å². The summed E-state index contributed by atoms with van der Waals surface area (Å²) in [5, 5.41) is 7.34. The first kappa shape index (κ1) is 21.0. The van der Waals surface area contributed by atoms with Gasteiger partial charge in [0, 0.05) is 50.2 Å². The standard InChI is InChI=1S/C19H32N4O3.HI/c1-20-17(21-13-5-10-23(11-6-13)18(24)25-2)22-15-14-7-12-26-16(14)19(15)8-3-4-9-19;/h13-16H,3-12H2,1-2H3,(H2,20,21,22);1H. The topological polar surface area (TPSA) is 75.2 Å². The number of nitrogens with one attached hydrogen (secondary N) is 2. The highest BCUT2D eigenvalue weighted by Gasteiger charge is 2.65. The number of rotatable bonds is 2. The number of carbonyl (C=O) groups is 1. The highest BCUT2D eigenvalue weighted by molar-refractivity contribution is 14.0. The molecule has 2 heterocycles. The van der Waals surface area contributed by atoms with E-state index in [4.69, 9.17) is 9.47 Å². The van der Waals surface area contributed by atoms with Crippen LogP contribution in [0, 0.1) is 11.3 Å². The number of likely N-dealkylation sites (tertiary alicyclic amines) is 1. The number of guanidine groups is 1. The maximum atomic E-state index is 11.6. The van der Waals surface area contributed by atoms with E-state index in [0.29, 0.717) is 29.5 Å². The maximum absolute atomic E-state index is 11.6. The van der Waals surface area contributed by atoms with Gasteiger partial charge in [0.1, 0.15) is 0 Å². The predicted molar refractivity (Wildman–Crippen MR) is 115 cm³/mol. The minimum Gasteiger partial charge on any atom is -0.453 e. The average Bonchev–Trinajstić information content (AvgIpc) is 3.33. The van der Waals surface area contributed by atoms with Crippen molar-refractivity contribution in [1.29, 1.82) is 0 Å². The molecule has 154 valence electrons. The Labute approximate surface area is 179 Å². The van der Waals surface area contributed by atoms with E-state index in [2.05, 4.69) is 15.6 Å². The molecule has 0 radical (unpaired) electrons. The second-order valence-corrected chi connectivity index (χ2v) is 8.25. The third-order valence-corrected chi connectivity index (χ3v) is 7.07. The normalized spacial score (nSPS) is 32.4. The summed E-state index contributed by atoms with van der Waals surface area (Å²) in [6, 6.07) is 0.830. The number of amides is 1. The van der Waals surface area contributed by atoms with E-state index in [9.17, 15) is 4.79 Å². The number of aliphatic imine (C=N–C) groups is 1. The molecule has 2 saturated carbocycles. The van der Waals surface area contributed by atoms with Gasteiger partial charge in [-0.3, -0.25) is 4.99 Å². The van der Waals surface area contributed by atoms with E-state index in [0.717, 1.165) is 38.5 Å². The molecule has 0 aromatic rings. The van der Waals surface area contributed by atoms with Crippen LogP contribution in [0.1, 0.15) is 44.9 Å². The molecule has 0 aromatic carbocycles. The number of piperidine rings is 1. The summed E-state index contributed by atoms with van der Waals surface area (Å²) in [5.74, 6) is 1.54. The Morgan fingerprint density at radius 3 is 2.52 bits per heavy atom. The first-order chi connectivity index (χ1) is 12.7. The van der Waals surface area contributed by atoms with E-state index in [1.807, 2.05) is 7.05 Å². The first-order valence-electron chi connectivity index (χ1n) is 10.1. The Kier molecular flexibility index (Phi) is 6.76. The number of nitrogens with zero attached hydrogens (tertiary/aromatic N) is 2. The van der Waals surface area contributed by atoms with Crippen molar-refractivity contribution in [2.45, 2.75) is 63.1 Å². The first-order valence-corrected chi connectivity index (χ1v) is 10.1. The summed E-state index contributed by atoms with van der Waals surface area (Å²) < 4.78 is 10.9. The smallest absolute Gasteiger partial charge is 0.409 e. The largest absolute Gasteiger partial charge is 0.453 e. The van der Waals surface area contributed by atoms with Gasteiger partial charge in [-0.25, -0.2) is 4.79 Å². The lowest BCUT2D eigenvalue weighted by atomic mass is 9.54. The number of fused-ring (bicyclic) bond motifs is 2. The number of methoxy groups -OCH3 is 1. The van der Waals surface area contributed by atoms with E-state index < -0.39 is 0 Å². The zero-order valence-electron chi connectivity index (χ0n) is 16.4. The molecule has 27 heavy (non-hydrogen) atoms. The molecule has 7 nitrogen and oxygen atoms in total. The highest BCUT2D eigenvalue weighted by atomic mass is 127. The fraction of sp³-hybridized carbons (Fsp3) is 0.895. The third-order valence-electron chi connectivity index (χ3n) is 7.07. The summed E-state index contributed by atoms with van der Waals surface area (Å²) >= 11 is 0. The van der Waals surface area contributed by atoms with Crippen LogP contribution < -0.4 is 10.6 Å². The Morgan fingerprint density at radius 2 is 1.89 bits per heavy atom. The monoisotopic (exact) mass is 492 g/mol. The van der Waals surface area contributed by atoms with Gasteiger partial charge in [-0.05, 0) is 32.1 Å². The van der Waals surface area contributed by atoms with Gasteiger partial charge in [0.15, 0.2) is 5.96 Å². The quantitative estimate of drug-likeness (QED) is 0.352. The summed E-state index contributed by atoms with van der Waals surface area (Å²) in [7, 11) is 3.29. The van der Waals surface area contributed by atoms with E-state index >= 15 is 0 Å². The van der Waals surface area contributed by atoms with Gasteiger partial charge >= 0.3 is 6.09 Å². The molecule has 2 N–H and O–H groups in total. The molecule has 2 aliphatic heterocycles. The third kappa shape index (κ3) is 3.75. The van der Waals surface area contributed by atoms with Gasteiger partial charge in [-0.15, -0.1) is 24.0 Å². The van der Waals surface area contributed by atoms with E-state index in [1.165, 1.54) is 39.2 Å². The van der Waals surface area contributed by atoms with Gasteiger partial charge in [-0.1, -0.05) is 12.8 Å². The van der Waals surface area contributed by atoms with Gasteiger partial charge in [0.2, 0.25) is 0 Å². The van der Waals surface area contributed by atoms with Crippen LogP contribution in [0.25, 0.3) is 0 Å². The molecule has 3 atom stereocenters. The second-order valence-electron chi connectivity index (χ2n) is 8.25. The Morgan fingerprint density at radius 1 is 1.19 bits per heavy atom. The molecule has 2 saturated heterocycles. The fourth-order valence-electron chi connectivity index (χ4n) is 5.75.